The monoisotopic (exact) mass is 170 g/mol. The van der Waals surface area contributed by atoms with E-state index in [4.69, 9.17) is 5.73 Å². The van der Waals surface area contributed by atoms with Gasteiger partial charge in [0.15, 0.2) is 0 Å². The van der Waals surface area contributed by atoms with Crippen molar-refractivity contribution in [1.29, 1.82) is 0 Å². The summed E-state index contributed by atoms with van der Waals surface area (Å²) in [6.07, 6.45) is 0. The molecule has 0 heterocycles. The third-order valence-electron chi connectivity index (χ3n) is 1.28. The fourth-order valence-corrected chi connectivity index (χ4v) is 0.699. The van der Waals surface area contributed by atoms with Crippen molar-refractivity contribution in [1.82, 2.24) is 0 Å². The number of anilines is 2. The Labute approximate surface area is 72.6 Å². The molecule has 0 saturated carbocycles. The van der Waals surface area contributed by atoms with E-state index in [0.29, 0.717) is 0 Å². The molecule has 1 rings (SSSR count). The highest BCUT2D eigenvalue weighted by atomic mass is 19.1. The normalized spacial score (nSPS) is 8.33. The zero-order valence-corrected chi connectivity index (χ0v) is 7.69. The molecule has 1 aromatic carbocycles. The number of nitrogens with two attached hydrogens (primary N) is 1. The minimum atomic E-state index is -0.376. The average Bonchev–Trinajstić information content (AvgIpc) is 2.13. The van der Waals surface area contributed by atoms with E-state index in [-0.39, 0.29) is 11.5 Å². The van der Waals surface area contributed by atoms with Crippen LogP contribution in [0.15, 0.2) is 18.2 Å². The Bertz CT molecular complexity index is 236. The van der Waals surface area contributed by atoms with Crippen molar-refractivity contribution in [3.63, 3.8) is 0 Å². The first-order valence-electron chi connectivity index (χ1n) is 3.97. The van der Waals surface area contributed by atoms with Gasteiger partial charge in [0.1, 0.15) is 5.82 Å². The number of rotatable bonds is 1. The van der Waals surface area contributed by atoms with Crippen molar-refractivity contribution in [3.05, 3.63) is 24.0 Å². The lowest BCUT2D eigenvalue weighted by Crippen LogP contribution is -1.93. The Morgan fingerprint density at radius 2 is 1.92 bits per heavy atom. The van der Waals surface area contributed by atoms with Gasteiger partial charge in [0, 0.05) is 12.7 Å². The molecule has 1 aromatic rings. The molecule has 0 aromatic heterocycles. The second-order valence-corrected chi connectivity index (χ2v) is 1.99. The van der Waals surface area contributed by atoms with Gasteiger partial charge >= 0.3 is 0 Å². The van der Waals surface area contributed by atoms with Crippen LogP contribution in [0.1, 0.15) is 13.8 Å². The van der Waals surface area contributed by atoms with Gasteiger partial charge in [-0.25, -0.2) is 4.39 Å². The number of nitrogen functional groups attached to an aromatic ring is 1. The number of nitrogens with one attached hydrogen (secondary N) is 1. The summed E-state index contributed by atoms with van der Waals surface area (Å²) < 4.78 is 12.5. The Kier molecular flexibility index (Phi) is 4.84. The van der Waals surface area contributed by atoms with Gasteiger partial charge in [-0.3, -0.25) is 0 Å². The molecule has 0 spiro atoms. The van der Waals surface area contributed by atoms with E-state index in [2.05, 4.69) is 5.32 Å². The Morgan fingerprint density at radius 3 is 2.33 bits per heavy atom. The highest BCUT2D eigenvalue weighted by Gasteiger charge is 1.96. The summed E-state index contributed by atoms with van der Waals surface area (Å²) in [5.74, 6) is -0.376. The zero-order chi connectivity index (χ0) is 9.56. The molecule has 0 fully saturated rings. The highest BCUT2D eigenvalue weighted by Crippen LogP contribution is 2.14. The number of hydrogen-bond donors (Lipinski definition) is 2. The first-order chi connectivity index (χ1) is 5.74. The Hall–Kier alpha value is -1.25. The molecular formula is C9H15FN2. The molecule has 12 heavy (non-hydrogen) atoms. The van der Waals surface area contributed by atoms with E-state index in [0.717, 1.165) is 5.69 Å². The highest BCUT2D eigenvalue weighted by molar-refractivity contribution is 5.54. The van der Waals surface area contributed by atoms with Gasteiger partial charge in [-0.15, -0.1) is 0 Å². The summed E-state index contributed by atoms with van der Waals surface area (Å²) in [7, 11) is 1.76. The van der Waals surface area contributed by atoms with Gasteiger partial charge in [-0.1, -0.05) is 13.8 Å². The third kappa shape index (κ3) is 2.78. The molecule has 0 aliphatic carbocycles. The molecule has 0 aliphatic rings. The molecule has 0 radical (unpaired) electrons. The molecule has 68 valence electrons. The molecular weight excluding hydrogens is 155 g/mol. The van der Waals surface area contributed by atoms with Crippen molar-refractivity contribution < 1.29 is 4.39 Å². The quantitative estimate of drug-likeness (QED) is 0.635. The van der Waals surface area contributed by atoms with E-state index >= 15 is 0 Å². The van der Waals surface area contributed by atoms with Crippen LogP contribution < -0.4 is 11.1 Å². The van der Waals surface area contributed by atoms with Crippen LogP contribution >= 0.6 is 0 Å². The fraction of sp³-hybridized carbons (Fsp3) is 0.333. The van der Waals surface area contributed by atoms with Crippen molar-refractivity contribution in [2.75, 3.05) is 18.1 Å². The van der Waals surface area contributed by atoms with Gasteiger partial charge < -0.3 is 11.1 Å². The molecule has 0 amide bonds. The molecule has 0 unspecified atom stereocenters. The van der Waals surface area contributed by atoms with E-state index in [1.165, 1.54) is 6.07 Å². The minimum Gasteiger partial charge on any atom is -0.396 e. The summed E-state index contributed by atoms with van der Waals surface area (Å²) in [5, 5.41) is 2.85. The zero-order valence-electron chi connectivity index (χ0n) is 7.69. The maximum absolute atomic E-state index is 12.5. The first-order valence-corrected chi connectivity index (χ1v) is 3.97. The number of halogens is 1. The standard InChI is InChI=1S/C7H9FN2.C2H6/c1-10-5-2-3-6(8)7(9)4-5;1-2/h2-4,10H,9H2,1H3;1-2H3. The molecule has 2 nitrogen and oxygen atoms in total. The van der Waals surface area contributed by atoms with Crippen LogP contribution in [0.5, 0.6) is 0 Å². The SMILES string of the molecule is CC.CNc1ccc(F)c(N)c1. The molecule has 3 heteroatoms. The summed E-state index contributed by atoms with van der Waals surface area (Å²) in [6, 6.07) is 4.52. The maximum Gasteiger partial charge on any atom is 0.146 e. The predicted molar refractivity (Wildman–Crippen MR) is 51.7 cm³/mol. The van der Waals surface area contributed by atoms with E-state index in [9.17, 15) is 4.39 Å². The lowest BCUT2D eigenvalue weighted by molar-refractivity contribution is 0.632. The van der Waals surface area contributed by atoms with Crippen molar-refractivity contribution in [2.24, 2.45) is 0 Å². The van der Waals surface area contributed by atoms with E-state index < -0.39 is 0 Å². The second-order valence-electron chi connectivity index (χ2n) is 1.99. The Balaban J connectivity index is 0.000000561. The summed E-state index contributed by atoms with van der Waals surface area (Å²) in [6.45, 7) is 4.00. The average molecular weight is 170 g/mol. The smallest absolute Gasteiger partial charge is 0.146 e. The van der Waals surface area contributed by atoms with E-state index in [1.807, 2.05) is 13.8 Å². The number of hydrogen-bond acceptors (Lipinski definition) is 2. The fourth-order valence-electron chi connectivity index (χ4n) is 0.699. The Morgan fingerprint density at radius 1 is 1.33 bits per heavy atom. The molecule has 0 atom stereocenters. The number of benzene rings is 1. The lowest BCUT2D eigenvalue weighted by atomic mass is 10.3. The summed E-state index contributed by atoms with van der Waals surface area (Å²) in [4.78, 5) is 0. The summed E-state index contributed by atoms with van der Waals surface area (Å²) in [5.41, 5.74) is 6.27. The van der Waals surface area contributed by atoms with Crippen LogP contribution in [0.3, 0.4) is 0 Å². The lowest BCUT2D eigenvalue weighted by Gasteiger charge is -2.00. The van der Waals surface area contributed by atoms with Crippen LogP contribution in [0.2, 0.25) is 0 Å². The molecule has 3 N–H and O–H groups in total. The van der Waals surface area contributed by atoms with Gasteiger partial charge in [0.25, 0.3) is 0 Å². The first kappa shape index (κ1) is 10.8. The van der Waals surface area contributed by atoms with Gasteiger partial charge in [0.05, 0.1) is 5.69 Å². The minimum absolute atomic E-state index is 0.173. The molecule has 0 saturated heterocycles. The summed E-state index contributed by atoms with van der Waals surface area (Å²) >= 11 is 0. The van der Waals surface area contributed by atoms with Crippen LogP contribution in [-0.4, -0.2) is 7.05 Å². The van der Waals surface area contributed by atoms with Gasteiger partial charge in [-0.05, 0) is 18.2 Å². The van der Waals surface area contributed by atoms with Gasteiger partial charge in [0.2, 0.25) is 0 Å². The largest absolute Gasteiger partial charge is 0.396 e. The van der Waals surface area contributed by atoms with Crippen LogP contribution in [0.25, 0.3) is 0 Å². The van der Waals surface area contributed by atoms with Crippen molar-refractivity contribution >= 4 is 11.4 Å². The van der Waals surface area contributed by atoms with Crippen LogP contribution in [-0.2, 0) is 0 Å². The predicted octanol–water partition coefficient (Wildman–Crippen LogP) is 2.48. The third-order valence-corrected chi connectivity index (χ3v) is 1.28. The van der Waals surface area contributed by atoms with Crippen LogP contribution in [0.4, 0.5) is 15.8 Å². The maximum atomic E-state index is 12.5. The molecule has 0 bridgehead atoms. The van der Waals surface area contributed by atoms with E-state index in [1.54, 1.807) is 19.2 Å². The topological polar surface area (TPSA) is 38.0 Å². The van der Waals surface area contributed by atoms with Crippen molar-refractivity contribution in [3.8, 4) is 0 Å². The van der Waals surface area contributed by atoms with Crippen molar-refractivity contribution in [2.45, 2.75) is 13.8 Å². The van der Waals surface area contributed by atoms with Gasteiger partial charge in [-0.2, -0.15) is 0 Å². The second kappa shape index (κ2) is 5.41. The molecule has 0 aliphatic heterocycles. The van der Waals surface area contributed by atoms with Crippen LogP contribution in [0, 0.1) is 5.82 Å².